The maximum Gasteiger partial charge on any atom is 0.405 e. The SMILES string of the molecule is O=C(CN1CCCC1C(=O)NCC(F)(F)F)Nc1ccccc1C(=O)NC1CCCC1. The number of hydrogen-bond acceptors (Lipinski definition) is 4. The fourth-order valence-electron chi connectivity index (χ4n) is 4.12. The van der Waals surface area contributed by atoms with Gasteiger partial charge in [0, 0.05) is 6.04 Å². The topological polar surface area (TPSA) is 90.5 Å². The Balaban J connectivity index is 1.57. The normalized spacial score (nSPS) is 19.9. The Morgan fingerprint density at radius 3 is 2.45 bits per heavy atom. The average molecular weight is 440 g/mol. The predicted octanol–water partition coefficient (Wildman–Crippen LogP) is 2.44. The number of rotatable bonds is 7. The number of carbonyl (C=O) groups is 3. The van der Waals surface area contributed by atoms with Crippen molar-refractivity contribution in [2.45, 2.75) is 56.8 Å². The van der Waals surface area contributed by atoms with Crippen LogP contribution in [-0.4, -0.2) is 60.5 Å². The molecule has 1 unspecified atom stereocenters. The second-order valence-corrected chi connectivity index (χ2v) is 8.01. The monoisotopic (exact) mass is 440 g/mol. The van der Waals surface area contributed by atoms with Crippen LogP contribution >= 0.6 is 0 Å². The number of nitrogens with zero attached hydrogens (tertiary/aromatic N) is 1. The summed E-state index contributed by atoms with van der Waals surface area (Å²) < 4.78 is 37.1. The van der Waals surface area contributed by atoms with E-state index in [2.05, 4.69) is 10.6 Å². The van der Waals surface area contributed by atoms with Crippen LogP contribution in [0.4, 0.5) is 18.9 Å². The quantitative estimate of drug-likeness (QED) is 0.608. The number of nitrogens with one attached hydrogen (secondary N) is 3. The summed E-state index contributed by atoms with van der Waals surface area (Å²) in [7, 11) is 0. The zero-order chi connectivity index (χ0) is 22.4. The predicted molar refractivity (Wildman–Crippen MR) is 108 cm³/mol. The molecule has 1 aliphatic heterocycles. The lowest BCUT2D eigenvalue weighted by atomic mass is 10.1. The molecule has 1 aliphatic carbocycles. The highest BCUT2D eigenvalue weighted by Crippen LogP contribution is 2.22. The molecule has 1 heterocycles. The fourth-order valence-corrected chi connectivity index (χ4v) is 4.12. The van der Waals surface area contributed by atoms with Crippen molar-refractivity contribution < 1.29 is 27.6 Å². The van der Waals surface area contributed by atoms with Gasteiger partial charge in [0.05, 0.1) is 23.8 Å². The Bertz CT molecular complexity index is 809. The average Bonchev–Trinajstić information content (AvgIpc) is 3.38. The molecule has 10 heteroatoms. The number of amides is 3. The van der Waals surface area contributed by atoms with Crippen molar-refractivity contribution in [1.82, 2.24) is 15.5 Å². The third-order valence-corrected chi connectivity index (χ3v) is 5.61. The summed E-state index contributed by atoms with van der Waals surface area (Å²) in [6.07, 6.45) is 0.544. The molecule has 0 aromatic heterocycles. The minimum absolute atomic E-state index is 0.136. The van der Waals surface area contributed by atoms with Crippen molar-refractivity contribution in [3.05, 3.63) is 29.8 Å². The van der Waals surface area contributed by atoms with Crippen molar-refractivity contribution in [2.24, 2.45) is 0 Å². The Hall–Kier alpha value is -2.62. The molecule has 1 saturated heterocycles. The van der Waals surface area contributed by atoms with Gasteiger partial charge in [-0.3, -0.25) is 19.3 Å². The van der Waals surface area contributed by atoms with Crippen LogP contribution in [0.3, 0.4) is 0 Å². The number of carbonyl (C=O) groups excluding carboxylic acids is 3. The van der Waals surface area contributed by atoms with Crippen LogP contribution < -0.4 is 16.0 Å². The highest BCUT2D eigenvalue weighted by molar-refractivity contribution is 6.04. The highest BCUT2D eigenvalue weighted by atomic mass is 19.4. The summed E-state index contributed by atoms with van der Waals surface area (Å²) in [5, 5.41) is 7.58. The number of para-hydroxylation sites is 1. The molecule has 1 aromatic carbocycles. The Morgan fingerprint density at radius 2 is 1.74 bits per heavy atom. The smallest absolute Gasteiger partial charge is 0.349 e. The second kappa shape index (κ2) is 10.1. The number of hydrogen-bond donors (Lipinski definition) is 3. The fraction of sp³-hybridized carbons (Fsp3) is 0.571. The summed E-state index contributed by atoms with van der Waals surface area (Å²) in [6, 6.07) is 6.01. The summed E-state index contributed by atoms with van der Waals surface area (Å²) in [4.78, 5) is 38.9. The molecule has 170 valence electrons. The molecule has 1 aromatic rings. The van der Waals surface area contributed by atoms with E-state index in [9.17, 15) is 27.6 Å². The van der Waals surface area contributed by atoms with Gasteiger partial charge in [-0.1, -0.05) is 25.0 Å². The molecule has 1 atom stereocenters. The van der Waals surface area contributed by atoms with Gasteiger partial charge in [0.25, 0.3) is 5.91 Å². The van der Waals surface area contributed by atoms with E-state index < -0.39 is 30.6 Å². The number of anilines is 1. The van der Waals surface area contributed by atoms with Gasteiger partial charge in [0.15, 0.2) is 0 Å². The van der Waals surface area contributed by atoms with Gasteiger partial charge in [0.1, 0.15) is 6.54 Å². The van der Waals surface area contributed by atoms with Gasteiger partial charge < -0.3 is 16.0 Å². The van der Waals surface area contributed by atoms with E-state index in [4.69, 9.17) is 0 Å². The van der Waals surface area contributed by atoms with Crippen molar-refractivity contribution in [3.8, 4) is 0 Å². The summed E-state index contributed by atoms with van der Waals surface area (Å²) in [6.45, 7) is -1.12. The first-order valence-electron chi connectivity index (χ1n) is 10.5. The summed E-state index contributed by atoms with van der Waals surface area (Å²) >= 11 is 0. The van der Waals surface area contributed by atoms with E-state index in [0.717, 1.165) is 25.7 Å². The maximum atomic E-state index is 12.6. The second-order valence-electron chi connectivity index (χ2n) is 8.01. The Kier molecular flexibility index (Phi) is 7.53. The number of likely N-dealkylation sites (tertiary alicyclic amines) is 1. The van der Waals surface area contributed by atoms with E-state index in [0.29, 0.717) is 30.6 Å². The summed E-state index contributed by atoms with van der Waals surface area (Å²) in [5.74, 6) is -1.43. The van der Waals surface area contributed by atoms with Crippen LogP contribution in [0, 0.1) is 0 Å². The zero-order valence-corrected chi connectivity index (χ0v) is 17.1. The van der Waals surface area contributed by atoms with E-state index in [1.165, 1.54) is 0 Å². The minimum atomic E-state index is -4.49. The molecule has 7 nitrogen and oxygen atoms in total. The first-order valence-corrected chi connectivity index (χ1v) is 10.5. The first kappa shape index (κ1) is 23.1. The van der Waals surface area contributed by atoms with Crippen molar-refractivity contribution in [3.63, 3.8) is 0 Å². The van der Waals surface area contributed by atoms with Crippen LogP contribution in [0.5, 0.6) is 0 Å². The lowest BCUT2D eigenvalue weighted by Crippen LogP contribution is -2.48. The van der Waals surface area contributed by atoms with Crippen molar-refractivity contribution in [2.75, 3.05) is 25.0 Å². The molecule has 2 aliphatic rings. The van der Waals surface area contributed by atoms with Crippen LogP contribution in [0.25, 0.3) is 0 Å². The molecular formula is C21H27F3N4O3. The van der Waals surface area contributed by atoms with Crippen LogP contribution in [0.15, 0.2) is 24.3 Å². The highest BCUT2D eigenvalue weighted by Gasteiger charge is 2.35. The minimum Gasteiger partial charge on any atom is -0.349 e. The lowest BCUT2D eigenvalue weighted by Gasteiger charge is -2.23. The number of benzene rings is 1. The molecule has 3 rings (SSSR count). The molecular weight excluding hydrogens is 413 g/mol. The van der Waals surface area contributed by atoms with Crippen LogP contribution in [-0.2, 0) is 9.59 Å². The molecule has 0 spiro atoms. The number of alkyl halides is 3. The molecule has 2 fully saturated rings. The molecule has 3 N–H and O–H groups in total. The number of halogens is 3. The molecule has 0 radical (unpaired) electrons. The van der Waals surface area contributed by atoms with Gasteiger partial charge in [0.2, 0.25) is 11.8 Å². The van der Waals surface area contributed by atoms with E-state index >= 15 is 0 Å². The third-order valence-electron chi connectivity index (χ3n) is 5.61. The Labute approximate surface area is 178 Å². The Morgan fingerprint density at radius 1 is 1.03 bits per heavy atom. The van der Waals surface area contributed by atoms with Gasteiger partial charge in [-0.2, -0.15) is 13.2 Å². The largest absolute Gasteiger partial charge is 0.405 e. The van der Waals surface area contributed by atoms with E-state index in [-0.39, 0.29) is 18.5 Å². The first-order chi connectivity index (χ1) is 14.7. The van der Waals surface area contributed by atoms with Crippen molar-refractivity contribution in [1.29, 1.82) is 0 Å². The lowest BCUT2D eigenvalue weighted by molar-refractivity contribution is -0.141. The maximum absolute atomic E-state index is 12.6. The van der Waals surface area contributed by atoms with E-state index in [1.54, 1.807) is 29.2 Å². The molecule has 3 amide bonds. The summed E-state index contributed by atoms with van der Waals surface area (Å²) in [5.41, 5.74) is 0.712. The van der Waals surface area contributed by atoms with Gasteiger partial charge in [-0.15, -0.1) is 0 Å². The third kappa shape index (κ3) is 6.68. The standard InChI is InChI=1S/C21H27F3N4O3/c22-21(23,24)13-25-20(31)17-10-5-11-28(17)12-18(29)27-16-9-4-3-8-15(16)19(30)26-14-6-1-2-7-14/h3-4,8-9,14,17H,1-2,5-7,10-13H2,(H,25,31)(H,26,30)(H,27,29). The van der Waals surface area contributed by atoms with Gasteiger partial charge >= 0.3 is 6.18 Å². The van der Waals surface area contributed by atoms with E-state index in [1.807, 2.05) is 5.32 Å². The molecule has 31 heavy (non-hydrogen) atoms. The van der Waals surface area contributed by atoms with Crippen molar-refractivity contribution >= 4 is 23.4 Å². The molecule has 0 bridgehead atoms. The zero-order valence-electron chi connectivity index (χ0n) is 17.1. The van der Waals surface area contributed by atoms with Crippen LogP contribution in [0.1, 0.15) is 48.9 Å². The van der Waals surface area contributed by atoms with Gasteiger partial charge in [-0.25, -0.2) is 0 Å². The van der Waals surface area contributed by atoms with Crippen LogP contribution in [0.2, 0.25) is 0 Å². The van der Waals surface area contributed by atoms with Gasteiger partial charge in [-0.05, 0) is 44.4 Å². The molecule has 1 saturated carbocycles.